The Morgan fingerprint density at radius 3 is 2.62 bits per heavy atom. The van der Waals surface area contributed by atoms with E-state index in [9.17, 15) is 18.8 Å². The second kappa shape index (κ2) is 8.20. The molecule has 0 bridgehead atoms. The molecule has 1 aromatic rings. The molecule has 1 aliphatic carbocycles. The number of hydrogen-bond donors (Lipinski definition) is 1. The number of piperidine rings is 1. The van der Waals surface area contributed by atoms with E-state index in [0.29, 0.717) is 6.54 Å². The Labute approximate surface area is 169 Å². The maximum absolute atomic E-state index is 14.5. The molecule has 7 nitrogen and oxygen atoms in total. The van der Waals surface area contributed by atoms with Gasteiger partial charge in [-0.2, -0.15) is 0 Å². The molecule has 0 spiro atoms. The number of morpholine rings is 1. The van der Waals surface area contributed by atoms with Gasteiger partial charge in [0.15, 0.2) is 6.10 Å². The average Bonchev–Trinajstić information content (AvgIpc) is 3.56. The van der Waals surface area contributed by atoms with E-state index < -0.39 is 23.9 Å². The monoisotopic (exact) mass is 403 g/mol. The minimum atomic E-state index is -1.12. The van der Waals surface area contributed by atoms with Crippen LogP contribution >= 0.6 is 0 Å². The Balaban J connectivity index is 1.64. The summed E-state index contributed by atoms with van der Waals surface area (Å²) in [5.41, 5.74) is 0.212. The number of amides is 3. The molecule has 0 radical (unpaired) electrons. The number of rotatable bonds is 4. The minimum Gasteiger partial charge on any atom is -0.356 e. The van der Waals surface area contributed by atoms with Crippen LogP contribution in [-0.2, 0) is 19.1 Å². The third-order valence-electron chi connectivity index (χ3n) is 5.98. The van der Waals surface area contributed by atoms with Gasteiger partial charge in [0.25, 0.3) is 5.91 Å². The molecule has 4 rings (SSSR count). The molecule has 1 saturated carbocycles. The number of carbonyl (C=O) groups excluding carboxylic acids is 3. The van der Waals surface area contributed by atoms with E-state index >= 15 is 0 Å². The van der Waals surface area contributed by atoms with Gasteiger partial charge in [0.05, 0.1) is 12.0 Å². The standard InChI is InChI=1S/C21H26FN3O4/c1-24-17(26)12-29-19(18(24)15-6-2-3-7-16(15)22)21(28)25(14-8-9-14)20(27)13-5-4-10-23-11-13/h2-3,6-7,13-14,18-19,23H,4-5,8-12H2,1H3. The molecule has 0 aromatic heterocycles. The Hall–Kier alpha value is -2.32. The summed E-state index contributed by atoms with van der Waals surface area (Å²) in [6.07, 6.45) is 2.05. The Morgan fingerprint density at radius 2 is 1.97 bits per heavy atom. The number of hydrogen-bond acceptors (Lipinski definition) is 5. The molecule has 2 heterocycles. The molecule has 3 aliphatic rings. The van der Waals surface area contributed by atoms with Crippen LogP contribution in [0, 0.1) is 11.7 Å². The van der Waals surface area contributed by atoms with Crippen molar-refractivity contribution in [1.29, 1.82) is 0 Å². The van der Waals surface area contributed by atoms with Gasteiger partial charge < -0.3 is 15.0 Å². The van der Waals surface area contributed by atoms with Gasteiger partial charge >= 0.3 is 0 Å². The average molecular weight is 403 g/mol. The smallest absolute Gasteiger partial charge is 0.261 e. The van der Waals surface area contributed by atoms with E-state index in [4.69, 9.17) is 4.74 Å². The van der Waals surface area contributed by atoms with Crippen LogP contribution in [0.25, 0.3) is 0 Å². The summed E-state index contributed by atoms with van der Waals surface area (Å²) >= 11 is 0. The molecule has 3 fully saturated rings. The van der Waals surface area contributed by atoms with E-state index in [-0.39, 0.29) is 35.9 Å². The van der Waals surface area contributed by atoms with Gasteiger partial charge in [0.2, 0.25) is 11.8 Å². The Morgan fingerprint density at radius 1 is 1.21 bits per heavy atom. The molecule has 8 heteroatoms. The number of halogens is 1. The number of likely N-dealkylation sites (N-methyl/N-ethyl adjacent to an activating group) is 1. The first kappa shape index (κ1) is 20.0. The first-order valence-electron chi connectivity index (χ1n) is 10.2. The molecular weight excluding hydrogens is 377 g/mol. The summed E-state index contributed by atoms with van der Waals surface area (Å²) in [6, 6.07) is 5.00. The first-order chi connectivity index (χ1) is 14.0. The highest BCUT2D eigenvalue weighted by atomic mass is 19.1. The zero-order valence-corrected chi connectivity index (χ0v) is 16.5. The number of benzene rings is 1. The predicted octanol–water partition coefficient (Wildman–Crippen LogP) is 1.24. The van der Waals surface area contributed by atoms with E-state index in [0.717, 1.165) is 32.2 Å². The SMILES string of the molecule is CN1C(=O)COC(C(=O)N(C(=O)C2CCCNC2)C2CC2)C1c1ccccc1F. The van der Waals surface area contributed by atoms with Crippen molar-refractivity contribution in [1.82, 2.24) is 15.1 Å². The van der Waals surface area contributed by atoms with Crippen LogP contribution in [0.3, 0.4) is 0 Å². The minimum absolute atomic E-state index is 0.135. The van der Waals surface area contributed by atoms with Crippen molar-refractivity contribution < 1.29 is 23.5 Å². The summed E-state index contributed by atoms with van der Waals surface area (Å²) in [7, 11) is 1.54. The van der Waals surface area contributed by atoms with Crippen molar-refractivity contribution in [2.45, 2.75) is 43.9 Å². The van der Waals surface area contributed by atoms with Crippen LogP contribution in [0.4, 0.5) is 4.39 Å². The molecule has 29 heavy (non-hydrogen) atoms. The summed E-state index contributed by atoms with van der Waals surface area (Å²) < 4.78 is 20.2. The van der Waals surface area contributed by atoms with Gasteiger partial charge in [-0.25, -0.2) is 4.39 Å². The number of nitrogens with one attached hydrogen (secondary N) is 1. The molecule has 1 aromatic carbocycles. The molecule has 2 saturated heterocycles. The summed E-state index contributed by atoms with van der Waals surface area (Å²) in [5, 5.41) is 3.21. The van der Waals surface area contributed by atoms with Crippen LogP contribution < -0.4 is 5.32 Å². The van der Waals surface area contributed by atoms with Crippen LogP contribution in [0.15, 0.2) is 24.3 Å². The lowest BCUT2D eigenvalue weighted by Gasteiger charge is -2.40. The highest BCUT2D eigenvalue weighted by Crippen LogP contribution is 2.36. The Bertz CT molecular complexity index is 807. The zero-order valence-electron chi connectivity index (χ0n) is 16.5. The number of carbonyl (C=O) groups is 3. The topological polar surface area (TPSA) is 79.0 Å². The Kier molecular flexibility index (Phi) is 5.65. The normalized spacial score (nSPS) is 27.6. The van der Waals surface area contributed by atoms with E-state index in [2.05, 4.69) is 5.32 Å². The highest BCUT2D eigenvalue weighted by molar-refractivity contribution is 6.00. The first-order valence-corrected chi connectivity index (χ1v) is 10.2. The fourth-order valence-corrected chi connectivity index (χ4v) is 4.20. The molecule has 3 amide bonds. The molecule has 156 valence electrons. The van der Waals surface area contributed by atoms with Crippen LogP contribution in [-0.4, -0.2) is 66.4 Å². The van der Waals surface area contributed by atoms with Gasteiger partial charge in [-0.3, -0.25) is 19.3 Å². The lowest BCUT2D eigenvalue weighted by molar-refractivity contribution is -0.171. The lowest BCUT2D eigenvalue weighted by atomic mass is 9.94. The number of imide groups is 1. The summed E-state index contributed by atoms with van der Waals surface area (Å²) in [6.45, 7) is 1.15. The lowest BCUT2D eigenvalue weighted by Crippen LogP contribution is -2.57. The molecule has 2 aliphatic heterocycles. The van der Waals surface area contributed by atoms with E-state index in [1.807, 2.05) is 0 Å². The highest BCUT2D eigenvalue weighted by Gasteiger charge is 2.48. The van der Waals surface area contributed by atoms with Crippen LogP contribution in [0.2, 0.25) is 0 Å². The van der Waals surface area contributed by atoms with E-state index in [1.165, 1.54) is 22.9 Å². The van der Waals surface area contributed by atoms with Gasteiger partial charge in [0, 0.05) is 25.2 Å². The molecule has 3 atom stereocenters. The maximum Gasteiger partial charge on any atom is 0.261 e. The van der Waals surface area contributed by atoms with Crippen molar-refractivity contribution in [3.63, 3.8) is 0 Å². The predicted molar refractivity (Wildman–Crippen MR) is 102 cm³/mol. The maximum atomic E-state index is 14.5. The molecule has 1 N–H and O–H groups in total. The molecular formula is C21H26FN3O4. The fourth-order valence-electron chi connectivity index (χ4n) is 4.20. The number of nitrogens with zero attached hydrogens (tertiary/aromatic N) is 2. The van der Waals surface area contributed by atoms with Gasteiger partial charge in [-0.15, -0.1) is 0 Å². The van der Waals surface area contributed by atoms with Gasteiger partial charge in [-0.1, -0.05) is 18.2 Å². The third-order valence-corrected chi connectivity index (χ3v) is 5.98. The van der Waals surface area contributed by atoms with Crippen molar-refractivity contribution in [2.75, 3.05) is 26.7 Å². The van der Waals surface area contributed by atoms with Crippen molar-refractivity contribution >= 4 is 17.7 Å². The van der Waals surface area contributed by atoms with Crippen LogP contribution in [0.1, 0.15) is 37.3 Å². The largest absolute Gasteiger partial charge is 0.356 e. The molecule has 3 unspecified atom stereocenters. The van der Waals surface area contributed by atoms with Gasteiger partial charge in [-0.05, 0) is 38.3 Å². The van der Waals surface area contributed by atoms with Crippen LogP contribution in [0.5, 0.6) is 0 Å². The number of ether oxygens (including phenoxy) is 1. The van der Waals surface area contributed by atoms with E-state index in [1.54, 1.807) is 18.2 Å². The summed E-state index contributed by atoms with van der Waals surface area (Å²) in [5.74, 6) is -1.76. The second-order valence-corrected chi connectivity index (χ2v) is 8.02. The quantitative estimate of drug-likeness (QED) is 0.766. The van der Waals surface area contributed by atoms with Crippen molar-refractivity contribution in [3.05, 3.63) is 35.6 Å². The zero-order chi connectivity index (χ0) is 20.5. The summed E-state index contributed by atoms with van der Waals surface area (Å²) in [4.78, 5) is 41.6. The van der Waals surface area contributed by atoms with Crippen molar-refractivity contribution in [2.24, 2.45) is 5.92 Å². The fraction of sp³-hybridized carbons (Fsp3) is 0.571. The second-order valence-electron chi connectivity index (χ2n) is 8.02. The van der Waals surface area contributed by atoms with Crippen molar-refractivity contribution in [3.8, 4) is 0 Å². The third kappa shape index (κ3) is 3.91. The van der Waals surface area contributed by atoms with Gasteiger partial charge in [0.1, 0.15) is 12.4 Å².